The summed E-state index contributed by atoms with van der Waals surface area (Å²) in [6, 6.07) is 8.73. The number of anilines is 2. The molecule has 5 nitrogen and oxygen atoms in total. The van der Waals surface area contributed by atoms with E-state index in [1.165, 1.54) is 6.92 Å². The number of carbonyl (C=O) groups excluding carboxylic acids is 2. The number of para-hydroxylation sites is 1. The third-order valence-electron chi connectivity index (χ3n) is 3.67. The number of amides is 2. The summed E-state index contributed by atoms with van der Waals surface area (Å²) in [6.45, 7) is 2.94. The molecule has 1 aromatic heterocycles. The highest BCUT2D eigenvalue weighted by Crippen LogP contribution is 2.29. The maximum absolute atomic E-state index is 13.5. The Morgan fingerprint density at radius 3 is 2.20 bits per heavy atom. The van der Waals surface area contributed by atoms with E-state index < -0.39 is 23.4 Å². The van der Waals surface area contributed by atoms with Crippen LogP contribution in [0.3, 0.4) is 0 Å². The minimum atomic E-state index is -1.15. The summed E-state index contributed by atoms with van der Waals surface area (Å²) in [4.78, 5) is 23.7. The number of benzene rings is 2. The first-order valence-electron chi connectivity index (χ1n) is 7.43. The van der Waals surface area contributed by atoms with Crippen molar-refractivity contribution in [1.82, 2.24) is 0 Å². The van der Waals surface area contributed by atoms with Crippen molar-refractivity contribution in [2.45, 2.75) is 13.8 Å². The van der Waals surface area contributed by atoms with Gasteiger partial charge in [-0.2, -0.15) is 0 Å². The molecule has 1 heterocycles. The van der Waals surface area contributed by atoms with Crippen LogP contribution in [-0.2, 0) is 4.79 Å². The van der Waals surface area contributed by atoms with Gasteiger partial charge in [-0.25, -0.2) is 8.78 Å². The number of fused-ring (bicyclic) bond motifs is 1. The number of halogens is 2. The first-order valence-corrected chi connectivity index (χ1v) is 7.43. The lowest BCUT2D eigenvalue weighted by Crippen LogP contribution is -2.16. The van der Waals surface area contributed by atoms with E-state index in [4.69, 9.17) is 4.42 Å². The topological polar surface area (TPSA) is 71.3 Å². The number of rotatable bonds is 3. The van der Waals surface area contributed by atoms with Gasteiger partial charge >= 0.3 is 0 Å². The summed E-state index contributed by atoms with van der Waals surface area (Å²) >= 11 is 0. The minimum absolute atomic E-state index is 0.0477. The largest absolute Gasteiger partial charge is 0.451 e. The van der Waals surface area contributed by atoms with Crippen molar-refractivity contribution in [1.29, 1.82) is 0 Å². The highest BCUT2D eigenvalue weighted by atomic mass is 19.2. The lowest BCUT2D eigenvalue weighted by atomic mass is 10.1. The third-order valence-corrected chi connectivity index (χ3v) is 3.67. The second kappa shape index (κ2) is 6.35. The van der Waals surface area contributed by atoms with Crippen LogP contribution in [0.25, 0.3) is 11.0 Å². The second-order valence-corrected chi connectivity index (χ2v) is 5.50. The van der Waals surface area contributed by atoms with Crippen LogP contribution >= 0.6 is 0 Å². The van der Waals surface area contributed by atoms with E-state index in [9.17, 15) is 18.4 Å². The SMILES string of the molecule is CC(=O)Nc1cc(F)c(F)cc1NC(=O)c1oc2ccccc2c1C. The Morgan fingerprint density at radius 2 is 1.60 bits per heavy atom. The quantitative estimate of drug-likeness (QED) is 0.747. The van der Waals surface area contributed by atoms with Crippen LogP contribution in [0.1, 0.15) is 23.0 Å². The molecule has 0 bridgehead atoms. The molecule has 3 rings (SSSR count). The van der Waals surface area contributed by atoms with Gasteiger partial charge in [-0.1, -0.05) is 18.2 Å². The predicted molar refractivity (Wildman–Crippen MR) is 89.6 cm³/mol. The molecule has 128 valence electrons. The highest BCUT2D eigenvalue weighted by molar-refractivity contribution is 6.08. The maximum Gasteiger partial charge on any atom is 0.291 e. The van der Waals surface area contributed by atoms with Crippen LogP contribution in [0.4, 0.5) is 20.2 Å². The van der Waals surface area contributed by atoms with Crippen LogP contribution < -0.4 is 10.6 Å². The van der Waals surface area contributed by atoms with Crippen molar-refractivity contribution in [2.75, 3.05) is 10.6 Å². The van der Waals surface area contributed by atoms with Gasteiger partial charge in [0, 0.05) is 30.0 Å². The molecule has 0 fully saturated rings. The molecule has 2 aromatic carbocycles. The summed E-state index contributed by atoms with van der Waals surface area (Å²) in [5.41, 5.74) is 1.04. The Bertz CT molecular complexity index is 995. The number of furan rings is 1. The fourth-order valence-electron chi connectivity index (χ4n) is 2.51. The van der Waals surface area contributed by atoms with Crippen molar-refractivity contribution in [3.63, 3.8) is 0 Å². The first-order chi connectivity index (χ1) is 11.9. The van der Waals surface area contributed by atoms with Crippen molar-refractivity contribution in [2.24, 2.45) is 0 Å². The number of hydrogen-bond acceptors (Lipinski definition) is 3. The molecule has 0 saturated heterocycles. The summed E-state index contributed by atoms with van der Waals surface area (Å²) in [5, 5.41) is 5.57. The van der Waals surface area contributed by atoms with Crippen molar-refractivity contribution < 1.29 is 22.8 Å². The third kappa shape index (κ3) is 3.21. The maximum atomic E-state index is 13.5. The van der Waals surface area contributed by atoms with E-state index in [1.807, 2.05) is 12.1 Å². The zero-order valence-corrected chi connectivity index (χ0v) is 13.4. The second-order valence-electron chi connectivity index (χ2n) is 5.50. The molecular weight excluding hydrogens is 330 g/mol. The molecule has 3 aromatic rings. The number of hydrogen-bond donors (Lipinski definition) is 2. The summed E-state index contributed by atoms with van der Waals surface area (Å²) in [6.07, 6.45) is 0. The average Bonchev–Trinajstić information content (AvgIpc) is 2.89. The van der Waals surface area contributed by atoms with Gasteiger partial charge in [0.25, 0.3) is 5.91 Å². The predicted octanol–water partition coefficient (Wildman–Crippen LogP) is 4.23. The van der Waals surface area contributed by atoms with E-state index in [1.54, 1.807) is 19.1 Å². The van der Waals surface area contributed by atoms with Crippen molar-refractivity contribution >= 4 is 34.2 Å². The Hall–Kier alpha value is -3.22. The normalized spacial score (nSPS) is 10.7. The Morgan fingerprint density at radius 1 is 1.00 bits per heavy atom. The molecule has 0 saturated carbocycles. The molecule has 2 amide bonds. The molecule has 0 aliphatic heterocycles. The van der Waals surface area contributed by atoms with Crippen LogP contribution in [0.5, 0.6) is 0 Å². The van der Waals surface area contributed by atoms with E-state index >= 15 is 0 Å². The van der Waals surface area contributed by atoms with Gasteiger partial charge in [0.2, 0.25) is 5.91 Å². The molecule has 0 spiro atoms. The minimum Gasteiger partial charge on any atom is -0.451 e. The molecule has 2 N–H and O–H groups in total. The lowest BCUT2D eigenvalue weighted by Gasteiger charge is -2.11. The van der Waals surface area contributed by atoms with Gasteiger partial charge in [0.1, 0.15) is 5.58 Å². The van der Waals surface area contributed by atoms with Crippen LogP contribution in [-0.4, -0.2) is 11.8 Å². The van der Waals surface area contributed by atoms with E-state index in [2.05, 4.69) is 10.6 Å². The number of nitrogens with one attached hydrogen (secondary N) is 2. The van der Waals surface area contributed by atoms with E-state index in [0.717, 1.165) is 17.5 Å². The van der Waals surface area contributed by atoms with E-state index in [-0.39, 0.29) is 17.1 Å². The van der Waals surface area contributed by atoms with Gasteiger partial charge in [-0.15, -0.1) is 0 Å². The fourth-order valence-corrected chi connectivity index (χ4v) is 2.51. The Kier molecular flexibility index (Phi) is 4.22. The molecule has 0 aliphatic rings. The van der Waals surface area contributed by atoms with Crippen molar-refractivity contribution in [3.8, 4) is 0 Å². The fraction of sp³-hybridized carbons (Fsp3) is 0.111. The van der Waals surface area contributed by atoms with Gasteiger partial charge in [0.05, 0.1) is 11.4 Å². The summed E-state index contributed by atoms with van der Waals surface area (Å²) in [7, 11) is 0. The molecule has 0 unspecified atom stereocenters. The number of carbonyl (C=O) groups is 2. The molecule has 0 aliphatic carbocycles. The van der Waals surface area contributed by atoms with Crippen LogP contribution in [0.15, 0.2) is 40.8 Å². The Labute approximate surface area is 141 Å². The molecule has 0 radical (unpaired) electrons. The molecule has 0 atom stereocenters. The van der Waals surface area contributed by atoms with Gasteiger partial charge in [-0.3, -0.25) is 9.59 Å². The van der Waals surface area contributed by atoms with E-state index in [0.29, 0.717) is 11.1 Å². The zero-order valence-electron chi connectivity index (χ0n) is 13.4. The van der Waals surface area contributed by atoms with Gasteiger partial charge < -0.3 is 15.1 Å². The monoisotopic (exact) mass is 344 g/mol. The molecular formula is C18H14F2N2O3. The Balaban J connectivity index is 1.98. The lowest BCUT2D eigenvalue weighted by molar-refractivity contribution is -0.114. The standard InChI is InChI=1S/C18H14F2N2O3/c1-9-11-5-3-4-6-16(11)25-17(9)18(24)22-15-8-13(20)12(19)7-14(15)21-10(2)23/h3-8H,1-2H3,(H,21,23)(H,22,24). The summed E-state index contributed by atoms with van der Waals surface area (Å²) < 4.78 is 32.5. The van der Waals surface area contributed by atoms with Crippen molar-refractivity contribution in [3.05, 3.63) is 59.4 Å². The van der Waals surface area contributed by atoms with Crippen LogP contribution in [0.2, 0.25) is 0 Å². The molecule has 7 heteroatoms. The highest BCUT2D eigenvalue weighted by Gasteiger charge is 2.20. The molecule has 25 heavy (non-hydrogen) atoms. The van der Waals surface area contributed by atoms with Crippen LogP contribution in [0, 0.1) is 18.6 Å². The zero-order chi connectivity index (χ0) is 18.1. The average molecular weight is 344 g/mol. The van der Waals surface area contributed by atoms with Gasteiger partial charge in [0.15, 0.2) is 17.4 Å². The number of aryl methyl sites for hydroxylation is 1. The smallest absolute Gasteiger partial charge is 0.291 e. The summed E-state index contributed by atoms with van der Waals surface area (Å²) in [5.74, 6) is -3.35. The first kappa shape index (κ1) is 16.6. The van der Waals surface area contributed by atoms with Gasteiger partial charge in [-0.05, 0) is 13.0 Å².